The number of fused-ring (bicyclic) bond motifs is 4. The smallest absolute Gasteiger partial charge is 0.226 e. The second kappa shape index (κ2) is 5.62. The maximum atomic E-state index is 13.8. The van der Waals surface area contributed by atoms with Gasteiger partial charge in [0.25, 0.3) is 0 Å². The zero-order chi connectivity index (χ0) is 19.9. The first-order valence-electron chi connectivity index (χ1n) is 9.77. The molecule has 2 fully saturated rings. The van der Waals surface area contributed by atoms with Gasteiger partial charge in [0.1, 0.15) is 5.82 Å². The predicted molar refractivity (Wildman–Crippen MR) is 107 cm³/mol. The summed E-state index contributed by atoms with van der Waals surface area (Å²) in [5, 5.41) is 7.85. The number of hydrogen-bond donors (Lipinski definition) is 1. The first-order valence-corrected chi connectivity index (χ1v) is 9.77. The lowest BCUT2D eigenvalue weighted by Gasteiger charge is -2.26. The lowest BCUT2D eigenvalue weighted by atomic mass is 10.1. The van der Waals surface area contributed by atoms with Crippen molar-refractivity contribution in [2.45, 2.75) is 26.3 Å². The molecule has 1 N–H and O–H groups in total. The average molecular weight is 390 g/mol. The van der Waals surface area contributed by atoms with Crippen LogP contribution in [0.3, 0.4) is 0 Å². The number of carbonyl (C=O) groups is 1. The number of benzene rings is 1. The van der Waals surface area contributed by atoms with Crippen molar-refractivity contribution in [2.75, 3.05) is 11.4 Å². The van der Waals surface area contributed by atoms with Crippen molar-refractivity contribution in [1.29, 1.82) is 0 Å². The third-order valence-corrected chi connectivity index (χ3v) is 6.33. The molecule has 0 radical (unpaired) electrons. The number of ketones is 1. The van der Waals surface area contributed by atoms with Gasteiger partial charge in [-0.3, -0.25) is 9.89 Å². The number of rotatable bonds is 3. The molecule has 1 aromatic carbocycles. The molecule has 4 heterocycles. The Bertz CT molecular complexity index is 1310. The van der Waals surface area contributed by atoms with Gasteiger partial charge < -0.3 is 9.47 Å². The molecule has 29 heavy (non-hydrogen) atoms. The Labute approximate surface area is 165 Å². The highest BCUT2D eigenvalue weighted by molar-refractivity contribution is 6.06. The fourth-order valence-electron chi connectivity index (χ4n) is 4.94. The molecule has 8 heteroatoms. The number of hydrogen-bond acceptors (Lipinski definition) is 5. The predicted octanol–water partition coefficient (Wildman–Crippen LogP) is 3.16. The number of nitrogens with one attached hydrogen (secondary N) is 1. The molecule has 0 spiro atoms. The highest BCUT2D eigenvalue weighted by atomic mass is 19.1. The minimum atomic E-state index is -0.294. The Morgan fingerprint density at radius 2 is 2.14 bits per heavy atom. The first-order chi connectivity index (χ1) is 14.0. The van der Waals surface area contributed by atoms with E-state index < -0.39 is 0 Å². The second-order valence-corrected chi connectivity index (χ2v) is 8.14. The Balaban J connectivity index is 1.49. The quantitative estimate of drug-likeness (QED) is 0.581. The van der Waals surface area contributed by atoms with Crippen LogP contribution >= 0.6 is 0 Å². The van der Waals surface area contributed by atoms with Gasteiger partial charge in [0, 0.05) is 11.9 Å². The Kier molecular flexibility index (Phi) is 3.23. The molecular weight excluding hydrogens is 371 g/mol. The van der Waals surface area contributed by atoms with E-state index in [1.807, 2.05) is 11.5 Å². The van der Waals surface area contributed by atoms with Crippen molar-refractivity contribution in [1.82, 2.24) is 24.7 Å². The number of halogens is 1. The van der Waals surface area contributed by atoms with Gasteiger partial charge in [-0.25, -0.2) is 14.4 Å². The second-order valence-electron chi connectivity index (χ2n) is 8.14. The van der Waals surface area contributed by atoms with Crippen LogP contribution < -0.4 is 4.90 Å². The highest BCUT2D eigenvalue weighted by Crippen LogP contribution is 2.50. The van der Waals surface area contributed by atoms with Gasteiger partial charge in [-0.05, 0) is 50.3 Å². The van der Waals surface area contributed by atoms with Crippen LogP contribution in [0.2, 0.25) is 0 Å². The molecular formula is C21H19FN6O. The molecule has 0 bridgehead atoms. The van der Waals surface area contributed by atoms with Crippen LogP contribution in [0.15, 0.2) is 30.6 Å². The monoisotopic (exact) mass is 390 g/mol. The van der Waals surface area contributed by atoms with Crippen molar-refractivity contribution in [2.24, 2.45) is 11.8 Å². The van der Waals surface area contributed by atoms with Gasteiger partial charge in [-0.2, -0.15) is 5.10 Å². The van der Waals surface area contributed by atoms with Crippen LogP contribution in [-0.4, -0.2) is 43.1 Å². The van der Waals surface area contributed by atoms with Crippen molar-refractivity contribution in [3.8, 4) is 5.69 Å². The maximum Gasteiger partial charge on any atom is 0.226 e. The summed E-state index contributed by atoms with van der Waals surface area (Å²) in [7, 11) is 0. The van der Waals surface area contributed by atoms with E-state index in [-0.39, 0.29) is 17.6 Å². The number of aromatic nitrogens is 5. The Hall–Kier alpha value is -3.29. The number of nitrogens with zero attached hydrogens (tertiary/aromatic N) is 5. The zero-order valence-electron chi connectivity index (χ0n) is 16.1. The van der Waals surface area contributed by atoms with Crippen LogP contribution in [0.25, 0.3) is 27.6 Å². The van der Waals surface area contributed by atoms with Crippen molar-refractivity contribution in [3.05, 3.63) is 42.1 Å². The molecule has 7 nitrogen and oxygen atoms in total. The number of Topliss-reactive ketones (excluding diaryl/α,β-unsaturated/α-hetero) is 1. The summed E-state index contributed by atoms with van der Waals surface area (Å²) in [6.45, 7) is 4.42. The molecule has 2 aliphatic rings. The fourth-order valence-corrected chi connectivity index (χ4v) is 4.94. The minimum Gasteiger partial charge on any atom is -0.330 e. The number of H-pyrrole nitrogens is 1. The van der Waals surface area contributed by atoms with Gasteiger partial charge in [0.05, 0.1) is 46.4 Å². The first kappa shape index (κ1) is 16.6. The summed E-state index contributed by atoms with van der Waals surface area (Å²) < 4.78 is 15.8. The molecule has 1 aliphatic carbocycles. The number of aromatic amines is 1. The topological polar surface area (TPSA) is 79.7 Å². The van der Waals surface area contributed by atoms with Crippen LogP contribution in [0.1, 0.15) is 19.0 Å². The molecule has 4 aromatic rings. The van der Waals surface area contributed by atoms with Crippen LogP contribution in [0, 0.1) is 24.6 Å². The molecule has 3 atom stereocenters. The van der Waals surface area contributed by atoms with Gasteiger partial charge in [0.2, 0.25) is 5.95 Å². The van der Waals surface area contributed by atoms with Gasteiger partial charge >= 0.3 is 0 Å². The van der Waals surface area contributed by atoms with E-state index in [0.29, 0.717) is 17.8 Å². The standard InChI is InChI=1S/C21H19FN6O/c1-10-17(7-23-21(25-10)27-9-12-5-14(12)20(27)11(2)29)28-16-4-3-13(22)6-15(16)19-18(28)8-24-26-19/h3-4,6-8,12,14,20H,5,9H2,1-2H3,(H,24,26)/t12-,14-,20+/m1/s1. The number of aryl methyl sites for hydroxylation is 1. The van der Waals surface area contributed by atoms with E-state index in [1.54, 1.807) is 25.4 Å². The third-order valence-electron chi connectivity index (χ3n) is 6.33. The van der Waals surface area contributed by atoms with Crippen molar-refractivity contribution >= 4 is 33.7 Å². The molecule has 1 saturated heterocycles. The van der Waals surface area contributed by atoms with Gasteiger partial charge in [-0.15, -0.1) is 0 Å². The van der Waals surface area contributed by atoms with Gasteiger partial charge in [0.15, 0.2) is 5.78 Å². The van der Waals surface area contributed by atoms with E-state index in [2.05, 4.69) is 20.1 Å². The Morgan fingerprint density at radius 3 is 2.93 bits per heavy atom. The van der Waals surface area contributed by atoms with E-state index in [9.17, 15) is 9.18 Å². The van der Waals surface area contributed by atoms with Crippen molar-refractivity contribution in [3.63, 3.8) is 0 Å². The van der Waals surface area contributed by atoms with Crippen LogP contribution in [0.4, 0.5) is 10.3 Å². The van der Waals surface area contributed by atoms with E-state index in [4.69, 9.17) is 4.98 Å². The SMILES string of the molecule is CC(=O)[C@H]1[C@@H]2C[C@@H]2CN1c1ncc(-n2c3ccc(F)cc3c3[nH]ncc32)c(C)n1. The van der Waals surface area contributed by atoms with Crippen molar-refractivity contribution < 1.29 is 9.18 Å². The van der Waals surface area contributed by atoms with E-state index >= 15 is 0 Å². The number of anilines is 1. The minimum absolute atomic E-state index is 0.110. The van der Waals surface area contributed by atoms with E-state index in [0.717, 1.165) is 46.3 Å². The lowest BCUT2D eigenvalue weighted by molar-refractivity contribution is -0.118. The molecule has 1 aliphatic heterocycles. The zero-order valence-corrected chi connectivity index (χ0v) is 16.1. The summed E-state index contributed by atoms with van der Waals surface area (Å²) in [6.07, 6.45) is 4.64. The highest BCUT2D eigenvalue weighted by Gasteiger charge is 2.55. The van der Waals surface area contributed by atoms with E-state index in [1.165, 1.54) is 12.1 Å². The number of carbonyl (C=O) groups excluding carboxylic acids is 1. The summed E-state index contributed by atoms with van der Waals surface area (Å²) in [5.74, 6) is 1.52. The normalized spacial score (nSPS) is 23.1. The Morgan fingerprint density at radius 1 is 1.28 bits per heavy atom. The third kappa shape index (κ3) is 2.28. The molecule has 6 rings (SSSR count). The van der Waals surface area contributed by atoms with Crippen LogP contribution in [0.5, 0.6) is 0 Å². The fraction of sp³-hybridized carbons (Fsp3) is 0.333. The van der Waals surface area contributed by atoms with Gasteiger partial charge in [-0.1, -0.05) is 0 Å². The maximum absolute atomic E-state index is 13.8. The molecule has 0 unspecified atom stereocenters. The summed E-state index contributed by atoms with van der Waals surface area (Å²) in [6, 6.07) is 4.60. The summed E-state index contributed by atoms with van der Waals surface area (Å²) in [4.78, 5) is 23.6. The molecule has 146 valence electrons. The lowest BCUT2D eigenvalue weighted by Crippen LogP contribution is -2.39. The summed E-state index contributed by atoms with van der Waals surface area (Å²) in [5.41, 5.74) is 4.08. The van der Waals surface area contributed by atoms with Crippen LogP contribution in [-0.2, 0) is 4.79 Å². The average Bonchev–Trinajstić information content (AvgIpc) is 3.05. The number of piperidine rings is 1. The summed E-state index contributed by atoms with van der Waals surface area (Å²) >= 11 is 0. The molecule has 1 saturated carbocycles. The molecule has 0 amide bonds. The molecule has 3 aromatic heterocycles. The largest absolute Gasteiger partial charge is 0.330 e.